The zero-order valence-corrected chi connectivity index (χ0v) is 9.69. The molecule has 18 heavy (non-hydrogen) atoms. The number of aryl methyl sites for hydroxylation is 1. The summed E-state index contributed by atoms with van der Waals surface area (Å²) in [4.78, 5) is 13.8. The Hall–Kier alpha value is -2.43. The number of rotatable bonds is 2. The van der Waals surface area contributed by atoms with Gasteiger partial charge in [-0.15, -0.1) is 0 Å². The van der Waals surface area contributed by atoms with E-state index in [1.807, 2.05) is 19.1 Å². The van der Waals surface area contributed by atoms with Crippen LogP contribution in [0.15, 0.2) is 18.2 Å². The molecule has 1 aromatic carbocycles. The van der Waals surface area contributed by atoms with Crippen molar-refractivity contribution in [3.63, 3.8) is 0 Å². The van der Waals surface area contributed by atoms with E-state index in [0.29, 0.717) is 11.5 Å². The zero-order chi connectivity index (χ0) is 12.7. The summed E-state index contributed by atoms with van der Waals surface area (Å²) in [6, 6.07) is 3.73. The molecule has 0 saturated heterocycles. The highest BCUT2D eigenvalue weighted by Gasteiger charge is 2.17. The number of carbonyl (C=O) groups is 1. The Balaban J connectivity index is 2.19. The molecule has 2 aromatic rings. The third kappa shape index (κ3) is 1.60. The molecule has 1 aliphatic rings. The second-order valence-electron chi connectivity index (χ2n) is 4.09. The molecule has 0 bridgehead atoms. The van der Waals surface area contributed by atoms with Crippen molar-refractivity contribution < 1.29 is 19.4 Å². The van der Waals surface area contributed by atoms with E-state index >= 15 is 0 Å². The van der Waals surface area contributed by atoms with Crippen LogP contribution in [0.4, 0.5) is 0 Å². The topological polar surface area (TPSA) is 71.6 Å². The van der Waals surface area contributed by atoms with Crippen molar-refractivity contribution in [2.24, 2.45) is 0 Å². The van der Waals surface area contributed by atoms with E-state index in [2.05, 4.69) is 4.98 Å². The van der Waals surface area contributed by atoms with Crippen LogP contribution in [-0.4, -0.2) is 22.9 Å². The molecule has 0 saturated carbocycles. The molecule has 5 heteroatoms. The van der Waals surface area contributed by atoms with Gasteiger partial charge < -0.3 is 19.6 Å². The van der Waals surface area contributed by atoms with Crippen LogP contribution in [0, 0.1) is 6.92 Å². The molecule has 0 amide bonds. The number of hydrogen-bond acceptors (Lipinski definition) is 3. The van der Waals surface area contributed by atoms with Crippen molar-refractivity contribution in [2.75, 3.05) is 6.79 Å². The molecular weight excluding hydrogens is 234 g/mol. The van der Waals surface area contributed by atoms with Crippen molar-refractivity contribution in [3.05, 3.63) is 29.5 Å². The summed E-state index contributed by atoms with van der Waals surface area (Å²) in [6.45, 7) is 2.12. The number of nitrogens with one attached hydrogen (secondary N) is 1. The van der Waals surface area contributed by atoms with Gasteiger partial charge in [0.05, 0.1) is 5.52 Å². The van der Waals surface area contributed by atoms with Crippen molar-refractivity contribution in [3.8, 4) is 11.5 Å². The summed E-state index contributed by atoms with van der Waals surface area (Å²) in [7, 11) is 0. The van der Waals surface area contributed by atoms with Crippen LogP contribution in [-0.2, 0) is 4.79 Å². The molecule has 1 aromatic heterocycles. The second kappa shape index (κ2) is 3.80. The quantitative estimate of drug-likeness (QED) is 0.796. The first kappa shape index (κ1) is 10.7. The Morgan fingerprint density at radius 3 is 2.83 bits per heavy atom. The van der Waals surface area contributed by atoms with E-state index in [4.69, 9.17) is 14.6 Å². The van der Waals surface area contributed by atoms with E-state index in [0.717, 1.165) is 28.2 Å². The lowest BCUT2D eigenvalue weighted by Gasteiger charge is -1.97. The van der Waals surface area contributed by atoms with Gasteiger partial charge in [-0.2, -0.15) is 0 Å². The third-order valence-electron chi connectivity index (χ3n) is 2.92. The Kier molecular flexibility index (Phi) is 2.26. The first-order chi connectivity index (χ1) is 8.65. The molecule has 2 N–H and O–H groups in total. The zero-order valence-electron chi connectivity index (χ0n) is 9.69. The highest BCUT2D eigenvalue weighted by atomic mass is 16.7. The van der Waals surface area contributed by atoms with Crippen LogP contribution in [0.3, 0.4) is 0 Å². The summed E-state index contributed by atoms with van der Waals surface area (Å²) in [5.41, 5.74) is 2.67. The Bertz CT molecular complexity index is 669. The number of aliphatic carboxylic acids is 1. The fourth-order valence-corrected chi connectivity index (χ4v) is 2.11. The normalized spacial score (nSPS) is 13.6. The molecule has 92 valence electrons. The van der Waals surface area contributed by atoms with Crippen LogP contribution in [0.25, 0.3) is 17.0 Å². The number of aromatic nitrogens is 1. The number of benzene rings is 1. The molecular formula is C13H11NO4. The first-order valence-corrected chi connectivity index (χ1v) is 5.48. The average Bonchev–Trinajstić information content (AvgIpc) is 2.86. The van der Waals surface area contributed by atoms with E-state index in [-0.39, 0.29) is 6.79 Å². The largest absolute Gasteiger partial charge is 0.478 e. The van der Waals surface area contributed by atoms with Gasteiger partial charge in [0.25, 0.3) is 0 Å². The standard InChI is InChI=1S/C13H11NO4/c1-7-8(2-3-13(15)16)9-4-11-12(18-6-17-11)5-10(9)14-7/h2-5,14H,6H2,1H3,(H,15,16)/b3-2+. The van der Waals surface area contributed by atoms with E-state index in [1.54, 1.807) is 6.08 Å². The molecule has 0 spiro atoms. The van der Waals surface area contributed by atoms with Crippen molar-refractivity contribution in [2.45, 2.75) is 6.92 Å². The van der Waals surface area contributed by atoms with Crippen molar-refractivity contribution >= 4 is 22.9 Å². The number of fused-ring (bicyclic) bond motifs is 2. The molecule has 2 heterocycles. The van der Waals surface area contributed by atoms with Crippen LogP contribution >= 0.6 is 0 Å². The Labute approximate surface area is 103 Å². The number of H-pyrrole nitrogens is 1. The predicted octanol–water partition coefficient (Wildman–Crippen LogP) is 2.30. The lowest BCUT2D eigenvalue weighted by atomic mass is 10.1. The summed E-state index contributed by atoms with van der Waals surface area (Å²) in [5.74, 6) is 0.425. The maximum absolute atomic E-state index is 10.6. The summed E-state index contributed by atoms with van der Waals surface area (Å²) < 4.78 is 10.6. The molecule has 0 fully saturated rings. The summed E-state index contributed by atoms with van der Waals surface area (Å²) in [5, 5.41) is 9.61. The van der Waals surface area contributed by atoms with Gasteiger partial charge in [0, 0.05) is 28.8 Å². The fourth-order valence-electron chi connectivity index (χ4n) is 2.11. The molecule has 1 aliphatic heterocycles. The van der Waals surface area contributed by atoms with E-state index in [9.17, 15) is 4.79 Å². The van der Waals surface area contributed by atoms with Gasteiger partial charge >= 0.3 is 5.97 Å². The van der Waals surface area contributed by atoms with E-state index in [1.165, 1.54) is 0 Å². The molecule has 0 unspecified atom stereocenters. The minimum atomic E-state index is -0.968. The molecule has 0 aliphatic carbocycles. The predicted molar refractivity (Wildman–Crippen MR) is 65.8 cm³/mol. The number of ether oxygens (including phenoxy) is 2. The lowest BCUT2D eigenvalue weighted by Crippen LogP contribution is -1.92. The molecule has 0 atom stereocenters. The fraction of sp³-hybridized carbons (Fsp3) is 0.154. The van der Waals surface area contributed by atoms with Crippen LogP contribution in [0.2, 0.25) is 0 Å². The van der Waals surface area contributed by atoms with Gasteiger partial charge in [-0.05, 0) is 19.1 Å². The molecule has 0 radical (unpaired) electrons. The third-order valence-corrected chi connectivity index (χ3v) is 2.92. The number of aromatic amines is 1. The SMILES string of the molecule is Cc1[nH]c2cc3c(cc2c1/C=C/C(=O)O)OCO3. The van der Waals surface area contributed by atoms with Gasteiger partial charge in [-0.3, -0.25) is 0 Å². The number of carboxylic acid groups (broad SMARTS) is 1. The Morgan fingerprint density at radius 2 is 2.11 bits per heavy atom. The van der Waals surface area contributed by atoms with Gasteiger partial charge in [0.2, 0.25) is 6.79 Å². The van der Waals surface area contributed by atoms with Gasteiger partial charge in [-0.1, -0.05) is 0 Å². The minimum absolute atomic E-state index is 0.223. The maximum atomic E-state index is 10.6. The smallest absolute Gasteiger partial charge is 0.328 e. The van der Waals surface area contributed by atoms with Crippen molar-refractivity contribution in [1.29, 1.82) is 0 Å². The van der Waals surface area contributed by atoms with Crippen molar-refractivity contribution in [1.82, 2.24) is 4.98 Å². The molecule has 5 nitrogen and oxygen atoms in total. The highest BCUT2D eigenvalue weighted by Crippen LogP contribution is 2.38. The second-order valence-corrected chi connectivity index (χ2v) is 4.09. The van der Waals surface area contributed by atoms with Gasteiger partial charge in [0.1, 0.15) is 0 Å². The van der Waals surface area contributed by atoms with Crippen LogP contribution in [0.5, 0.6) is 11.5 Å². The van der Waals surface area contributed by atoms with E-state index < -0.39 is 5.97 Å². The number of carboxylic acids is 1. The first-order valence-electron chi connectivity index (χ1n) is 5.48. The maximum Gasteiger partial charge on any atom is 0.328 e. The lowest BCUT2D eigenvalue weighted by molar-refractivity contribution is -0.131. The van der Waals surface area contributed by atoms with Crippen LogP contribution in [0.1, 0.15) is 11.3 Å². The van der Waals surface area contributed by atoms with Gasteiger partial charge in [0.15, 0.2) is 11.5 Å². The summed E-state index contributed by atoms with van der Waals surface area (Å²) >= 11 is 0. The Morgan fingerprint density at radius 1 is 1.39 bits per heavy atom. The average molecular weight is 245 g/mol. The van der Waals surface area contributed by atoms with Crippen LogP contribution < -0.4 is 9.47 Å². The summed E-state index contributed by atoms with van der Waals surface area (Å²) in [6.07, 6.45) is 2.71. The minimum Gasteiger partial charge on any atom is -0.478 e. The molecule has 3 rings (SSSR count). The number of hydrogen-bond donors (Lipinski definition) is 2. The van der Waals surface area contributed by atoms with Gasteiger partial charge in [-0.25, -0.2) is 4.79 Å². The monoisotopic (exact) mass is 245 g/mol. The highest BCUT2D eigenvalue weighted by molar-refractivity contribution is 5.96.